The lowest BCUT2D eigenvalue weighted by Crippen LogP contribution is -2.74. The summed E-state index contributed by atoms with van der Waals surface area (Å²) in [5.41, 5.74) is 4.35. The lowest BCUT2D eigenvalue weighted by molar-refractivity contribution is 1.59. The van der Waals surface area contributed by atoms with Gasteiger partial charge < -0.3 is 0 Å². The molecule has 6 aromatic carbocycles. The van der Waals surface area contributed by atoms with Crippen molar-refractivity contribution in [2.45, 2.75) is 0 Å². The Morgan fingerprint density at radius 3 is 1.21 bits per heavy atom. The number of hydrogen-bond acceptors (Lipinski definition) is 0. The molecule has 0 saturated heterocycles. The van der Waals surface area contributed by atoms with E-state index in [0.717, 1.165) is 27.3 Å². The van der Waals surface area contributed by atoms with Gasteiger partial charge in [0.1, 0.15) is 0 Å². The molecule has 38 heavy (non-hydrogen) atoms. The van der Waals surface area contributed by atoms with E-state index in [9.17, 15) is 0 Å². The lowest BCUT2D eigenvalue weighted by Gasteiger charge is -2.34. The molecule has 0 aliphatic heterocycles. The van der Waals surface area contributed by atoms with Gasteiger partial charge in [0, 0.05) is 11.1 Å². The third-order valence-corrected chi connectivity index (χ3v) is 12.5. The van der Waals surface area contributed by atoms with Crippen molar-refractivity contribution >= 4 is 40.4 Å². The highest BCUT2D eigenvalue weighted by atomic mass is 35.5. The fourth-order valence-corrected chi connectivity index (χ4v) is 10.7. The van der Waals surface area contributed by atoms with Crippen LogP contribution in [0.1, 0.15) is 0 Å². The Hall–Kier alpha value is -4.17. The Morgan fingerprint density at radius 1 is 0.342 bits per heavy atom. The van der Waals surface area contributed by atoms with Crippen molar-refractivity contribution in [3.63, 3.8) is 0 Å². The summed E-state index contributed by atoms with van der Waals surface area (Å²) in [6, 6.07) is 58.8. The van der Waals surface area contributed by atoms with Crippen molar-refractivity contribution in [3.8, 4) is 22.3 Å². The van der Waals surface area contributed by atoms with Gasteiger partial charge in [0.25, 0.3) is 0 Å². The first kappa shape index (κ1) is 24.2. The molecule has 0 spiro atoms. The van der Waals surface area contributed by atoms with Gasteiger partial charge in [-0.25, -0.2) is 0 Å². The topological polar surface area (TPSA) is 0 Å². The molecule has 0 saturated carbocycles. The highest BCUT2D eigenvalue weighted by molar-refractivity contribution is 7.19. The van der Waals surface area contributed by atoms with Crippen LogP contribution in [0.4, 0.5) is 0 Å². The summed E-state index contributed by atoms with van der Waals surface area (Å²) in [6.45, 7) is 0. The van der Waals surface area contributed by atoms with Gasteiger partial charge in [-0.2, -0.15) is 0 Å². The van der Waals surface area contributed by atoms with Crippen LogP contribution in [0.5, 0.6) is 0 Å². The molecular formula is C36H27ClSi. The van der Waals surface area contributed by atoms with Crippen LogP contribution in [-0.4, -0.2) is 8.07 Å². The predicted octanol–water partition coefficient (Wildman–Crippen LogP) is 7.05. The van der Waals surface area contributed by atoms with E-state index < -0.39 is 8.07 Å². The molecule has 0 aromatic heterocycles. The second-order valence-corrected chi connectivity index (χ2v) is 13.6. The van der Waals surface area contributed by atoms with Gasteiger partial charge in [0.15, 0.2) is 8.07 Å². The second kappa shape index (κ2) is 10.7. The van der Waals surface area contributed by atoms with Gasteiger partial charge in [-0.1, -0.05) is 175 Å². The van der Waals surface area contributed by atoms with Crippen molar-refractivity contribution < 1.29 is 0 Å². The molecule has 0 aliphatic rings. The number of hydrogen-bond donors (Lipinski definition) is 0. The Labute approximate surface area is 230 Å². The maximum Gasteiger partial charge on any atom is 0.179 e. The molecule has 0 atom stereocenters. The molecule has 6 rings (SSSR count). The zero-order valence-electron chi connectivity index (χ0n) is 21.0. The van der Waals surface area contributed by atoms with Gasteiger partial charge in [0.05, 0.1) is 5.02 Å². The third kappa shape index (κ3) is 4.30. The van der Waals surface area contributed by atoms with Crippen molar-refractivity contribution in [2.75, 3.05) is 0 Å². The molecule has 182 valence electrons. The Kier molecular flexibility index (Phi) is 6.79. The molecule has 0 nitrogen and oxygen atoms in total. The molecule has 0 amide bonds. The van der Waals surface area contributed by atoms with E-state index in [1.54, 1.807) is 0 Å². The smallest absolute Gasteiger partial charge is 0.0830 e. The second-order valence-electron chi connectivity index (χ2n) is 9.46. The largest absolute Gasteiger partial charge is 0.179 e. The Bertz CT molecular complexity index is 1550. The number of rotatable bonds is 6. The molecule has 0 unspecified atom stereocenters. The molecule has 0 fully saturated rings. The SMILES string of the molecule is Clc1c(-c2ccccc2)cccc1-c1cccc([Si](c2ccccc2)(c2ccccc2)c2ccccc2)c1. The van der Waals surface area contributed by atoms with Crippen LogP contribution in [0.3, 0.4) is 0 Å². The molecule has 0 bridgehead atoms. The van der Waals surface area contributed by atoms with Crippen LogP contribution >= 0.6 is 11.6 Å². The van der Waals surface area contributed by atoms with Crippen molar-refractivity contribution in [1.82, 2.24) is 0 Å². The Balaban J connectivity index is 1.61. The summed E-state index contributed by atoms with van der Waals surface area (Å²) < 4.78 is 0. The highest BCUT2D eigenvalue weighted by Gasteiger charge is 2.41. The van der Waals surface area contributed by atoms with E-state index in [-0.39, 0.29) is 0 Å². The van der Waals surface area contributed by atoms with Crippen LogP contribution in [-0.2, 0) is 0 Å². The number of halogens is 1. The molecule has 0 aliphatic carbocycles. The van der Waals surface area contributed by atoms with E-state index in [2.05, 4.69) is 158 Å². The van der Waals surface area contributed by atoms with Crippen molar-refractivity contribution in [2.24, 2.45) is 0 Å². The van der Waals surface area contributed by atoms with E-state index in [4.69, 9.17) is 11.6 Å². The van der Waals surface area contributed by atoms with Gasteiger partial charge in [-0.3, -0.25) is 0 Å². The summed E-state index contributed by atoms with van der Waals surface area (Å²) in [4.78, 5) is 0. The minimum absolute atomic E-state index is 0.780. The average Bonchev–Trinajstić information content (AvgIpc) is 3.00. The Morgan fingerprint density at radius 2 is 0.711 bits per heavy atom. The quantitative estimate of drug-likeness (QED) is 0.162. The predicted molar refractivity (Wildman–Crippen MR) is 166 cm³/mol. The van der Waals surface area contributed by atoms with Gasteiger partial charge in [-0.05, 0) is 31.9 Å². The maximum atomic E-state index is 7.11. The van der Waals surface area contributed by atoms with Crippen molar-refractivity contribution in [1.29, 1.82) is 0 Å². The normalized spacial score (nSPS) is 11.3. The van der Waals surface area contributed by atoms with Gasteiger partial charge in [0.2, 0.25) is 0 Å². The summed E-state index contributed by atoms with van der Waals surface area (Å²) in [5, 5.41) is 6.19. The minimum atomic E-state index is -2.60. The van der Waals surface area contributed by atoms with E-state index >= 15 is 0 Å². The van der Waals surface area contributed by atoms with Crippen LogP contribution in [0.15, 0.2) is 164 Å². The number of benzene rings is 6. The first-order chi connectivity index (χ1) is 18.8. The molecular weight excluding hydrogens is 496 g/mol. The first-order valence-corrected chi connectivity index (χ1v) is 15.3. The highest BCUT2D eigenvalue weighted by Crippen LogP contribution is 2.36. The first-order valence-electron chi connectivity index (χ1n) is 12.9. The molecule has 2 heteroatoms. The van der Waals surface area contributed by atoms with Crippen LogP contribution in [0, 0.1) is 0 Å². The van der Waals surface area contributed by atoms with E-state index in [1.165, 1.54) is 20.7 Å². The standard InChI is InChI=1S/C36H27ClSi/c37-36-34(28-15-5-1-6-16-28)25-14-26-35(36)29-17-13-24-33(27-29)38(30-18-7-2-8-19-30,31-20-9-3-10-21-31)32-22-11-4-12-23-32/h1-27H. The third-order valence-electron chi connectivity index (χ3n) is 7.31. The molecule has 6 aromatic rings. The summed E-state index contributed by atoms with van der Waals surface area (Å²) in [7, 11) is -2.60. The van der Waals surface area contributed by atoms with Crippen LogP contribution in [0.25, 0.3) is 22.3 Å². The molecule has 0 radical (unpaired) electrons. The zero-order chi connectivity index (χ0) is 25.8. The monoisotopic (exact) mass is 522 g/mol. The summed E-state index contributed by atoms with van der Waals surface area (Å²) in [5.74, 6) is 0. The van der Waals surface area contributed by atoms with Crippen molar-refractivity contribution in [3.05, 3.63) is 169 Å². The summed E-state index contributed by atoms with van der Waals surface area (Å²) >= 11 is 7.11. The fraction of sp³-hybridized carbons (Fsp3) is 0. The van der Waals surface area contributed by atoms with Gasteiger partial charge in [-0.15, -0.1) is 0 Å². The average molecular weight is 523 g/mol. The lowest BCUT2D eigenvalue weighted by atomic mass is 9.99. The van der Waals surface area contributed by atoms with Crippen LogP contribution in [0.2, 0.25) is 5.02 Å². The molecule has 0 heterocycles. The zero-order valence-corrected chi connectivity index (χ0v) is 22.7. The van der Waals surface area contributed by atoms with E-state index in [0.29, 0.717) is 0 Å². The summed E-state index contributed by atoms with van der Waals surface area (Å²) in [6.07, 6.45) is 0. The maximum absolute atomic E-state index is 7.11. The minimum Gasteiger partial charge on any atom is -0.0830 e. The van der Waals surface area contributed by atoms with Gasteiger partial charge >= 0.3 is 0 Å². The van der Waals surface area contributed by atoms with Crippen LogP contribution < -0.4 is 20.7 Å². The van der Waals surface area contributed by atoms with E-state index in [1.807, 2.05) is 6.07 Å². The fourth-order valence-electron chi connectivity index (χ4n) is 5.58. The molecule has 0 N–H and O–H groups in total.